The first kappa shape index (κ1) is 22.8. The molecule has 0 saturated carbocycles. The molecule has 1 aromatic heterocycles. The van der Waals surface area contributed by atoms with E-state index in [1.807, 2.05) is 36.3 Å². The summed E-state index contributed by atoms with van der Waals surface area (Å²) in [5.41, 5.74) is 4.97. The maximum atomic E-state index is 13.2. The zero-order chi connectivity index (χ0) is 22.5. The van der Waals surface area contributed by atoms with E-state index in [1.165, 1.54) is 11.1 Å². The first-order valence-electron chi connectivity index (χ1n) is 10.4. The van der Waals surface area contributed by atoms with E-state index in [9.17, 15) is 4.79 Å². The average Bonchev–Trinajstić information content (AvgIpc) is 3.20. The van der Waals surface area contributed by atoms with Gasteiger partial charge in [-0.2, -0.15) is 0 Å². The van der Waals surface area contributed by atoms with Gasteiger partial charge in [-0.3, -0.25) is 4.79 Å². The third kappa shape index (κ3) is 5.44. The van der Waals surface area contributed by atoms with Crippen molar-refractivity contribution in [2.75, 3.05) is 7.11 Å². The fourth-order valence-electron chi connectivity index (χ4n) is 3.42. The Hall–Kier alpha value is -2.86. The molecule has 5 nitrogen and oxygen atoms in total. The number of rotatable bonds is 8. The Morgan fingerprint density at radius 2 is 1.87 bits per heavy atom. The molecule has 6 heteroatoms. The number of benzene rings is 2. The molecule has 1 heterocycles. The van der Waals surface area contributed by atoms with Crippen LogP contribution in [-0.2, 0) is 13.2 Å². The van der Waals surface area contributed by atoms with Crippen molar-refractivity contribution in [2.24, 2.45) is 0 Å². The van der Waals surface area contributed by atoms with Gasteiger partial charge in [-0.25, -0.2) is 4.98 Å². The van der Waals surface area contributed by atoms with Crippen molar-refractivity contribution in [2.45, 2.75) is 53.8 Å². The van der Waals surface area contributed by atoms with Crippen molar-refractivity contribution in [1.82, 2.24) is 9.88 Å². The third-order valence-corrected chi connectivity index (χ3v) is 6.14. The van der Waals surface area contributed by atoms with Gasteiger partial charge in [0.1, 0.15) is 23.1 Å². The maximum absolute atomic E-state index is 13.2. The minimum atomic E-state index is -0.0656. The third-order valence-electron chi connectivity index (χ3n) is 5.27. The SMILES string of the molecule is COc1ccccc1C(=O)N(Cc1csc(COc2cc(C)cc(C)c2C)n1)C(C)C. The van der Waals surface area contributed by atoms with Gasteiger partial charge in [0.25, 0.3) is 5.91 Å². The number of nitrogens with zero attached hydrogens (tertiary/aromatic N) is 2. The summed E-state index contributed by atoms with van der Waals surface area (Å²) < 4.78 is 11.4. The highest BCUT2D eigenvalue weighted by atomic mass is 32.1. The van der Waals surface area contributed by atoms with E-state index in [2.05, 4.69) is 32.9 Å². The quantitative estimate of drug-likeness (QED) is 0.452. The highest BCUT2D eigenvalue weighted by Gasteiger charge is 2.23. The van der Waals surface area contributed by atoms with Crippen LogP contribution in [0.2, 0.25) is 0 Å². The lowest BCUT2D eigenvalue weighted by molar-refractivity contribution is 0.0684. The van der Waals surface area contributed by atoms with E-state index < -0.39 is 0 Å². The molecule has 2 aromatic carbocycles. The Bertz CT molecular complexity index is 1060. The predicted molar refractivity (Wildman–Crippen MR) is 125 cm³/mol. The highest BCUT2D eigenvalue weighted by molar-refractivity contribution is 7.09. The summed E-state index contributed by atoms with van der Waals surface area (Å²) in [7, 11) is 1.58. The standard InChI is InChI=1S/C25H30N2O3S/c1-16(2)27(25(28)21-9-7-8-10-22(21)29-6)13-20-15-31-24(26-20)14-30-23-12-17(3)11-18(4)19(23)5/h7-12,15-16H,13-14H2,1-6H3. The molecule has 0 saturated heterocycles. The van der Waals surface area contributed by atoms with Crippen LogP contribution in [0.3, 0.4) is 0 Å². The van der Waals surface area contributed by atoms with E-state index in [1.54, 1.807) is 30.6 Å². The summed E-state index contributed by atoms with van der Waals surface area (Å²) in [6.45, 7) is 11.1. The normalized spacial score (nSPS) is 10.9. The molecular formula is C25H30N2O3S. The number of aromatic nitrogens is 1. The predicted octanol–water partition coefficient (Wildman–Crippen LogP) is 5.71. The molecule has 0 bridgehead atoms. The molecule has 0 aliphatic heterocycles. The summed E-state index contributed by atoms with van der Waals surface area (Å²) in [5.74, 6) is 1.41. The highest BCUT2D eigenvalue weighted by Crippen LogP contribution is 2.26. The van der Waals surface area contributed by atoms with Crippen LogP contribution in [0.1, 0.15) is 51.6 Å². The number of hydrogen-bond acceptors (Lipinski definition) is 5. The number of thiazole rings is 1. The molecule has 0 unspecified atom stereocenters. The minimum absolute atomic E-state index is 0.0248. The van der Waals surface area contributed by atoms with E-state index in [0.717, 1.165) is 22.0 Å². The van der Waals surface area contributed by atoms with Gasteiger partial charge in [0, 0.05) is 11.4 Å². The molecular weight excluding hydrogens is 408 g/mol. The van der Waals surface area contributed by atoms with Crippen LogP contribution in [-0.4, -0.2) is 28.9 Å². The number of carbonyl (C=O) groups excluding carboxylic acids is 1. The van der Waals surface area contributed by atoms with Crippen molar-refractivity contribution < 1.29 is 14.3 Å². The Morgan fingerprint density at radius 1 is 1.13 bits per heavy atom. The Balaban J connectivity index is 1.71. The number of aryl methyl sites for hydroxylation is 2. The van der Waals surface area contributed by atoms with Crippen LogP contribution >= 0.6 is 11.3 Å². The molecule has 0 radical (unpaired) electrons. The van der Waals surface area contributed by atoms with Crippen molar-refractivity contribution in [3.05, 3.63) is 74.7 Å². The Morgan fingerprint density at radius 3 is 2.58 bits per heavy atom. The summed E-state index contributed by atoms with van der Waals surface area (Å²) >= 11 is 1.55. The summed E-state index contributed by atoms with van der Waals surface area (Å²) in [6, 6.07) is 11.5. The topological polar surface area (TPSA) is 51.7 Å². The van der Waals surface area contributed by atoms with Gasteiger partial charge in [-0.05, 0) is 69.5 Å². The molecule has 164 valence electrons. The second kappa shape index (κ2) is 9.96. The molecule has 0 atom stereocenters. The lowest BCUT2D eigenvalue weighted by Gasteiger charge is -2.26. The molecule has 0 N–H and O–H groups in total. The van der Waals surface area contributed by atoms with Crippen LogP contribution < -0.4 is 9.47 Å². The van der Waals surface area contributed by atoms with Crippen molar-refractivity contribution in [3.63, 3.8) is 0 Å². The Labute approximate surface area is 188 Å². The summed E-state index contributed by atoms with van der Waals surface area (Å²) in [5, 5.41) is 2.89. The molecule has 3 aromatic rings. The van der Waals surface area contributed by atoms with Gasteiger partial charge in [0.2, 0.25) is 0 Å². The monoisotopic (exact) mass is 438 g/mol. The summed E-state index contributed by atoms with van der Waals surface area (Å²) in [4.78, 5) is 19.7. The van der Waals surface area contributed by atoms with Gasteiger partial charge >= 0.3 is 0 Å². The number of carbonyl (C=O) groups is 1. The number of amides is 1. The van der Waals surface area contributed by atoms with Gasteiger partial charge in [-0.1, -0.05) is 18.2 Å². The van der Waals surface area contributed by atoms with E-state index in [0.29, 0.717) is 24.5 Å². The zero-order valence-corrected chi connectivity index (χ0v) is 19.9. The first-order valence-corrected chi connectivity index (χ1v) is 11.3. The van der Waals surface area contributed by atoms with Crippen molar-refractivity contribution in [3.8, 4) is 11.5 Å². The van der Waals surface area contributed by atoms with E-state index >= 15 is 0 Å². The number of para-hydroxylation sites is 1. The van der Waals surface area contributed by atoms with E-state index in [4.69, 9.17) is 14.5 Å². The lowest BCUT2D eigenvalue weighted by atomic mass is 10.1. The van der Waals surface area contributed by atoms with Gasteiger partial charge < -0.3 is 14.4 Å². The van der Waals surface area contributed by atoms with Crippen LogP contribution in [0.15, 0.2) is 41.8 Å². The number of methoxy groups -OCH3 is 1. The van der Waals surface area contributed by atoms with Crippen LogP contribution in [0, 0.1) is 20.8 Å². The van der Waals surface area contributed by atoms with Gasteiger partial charge in [-0.15, -0.1) is 11.3 Å². The zero-order valence-electron chi connectivity index (χ0n) is 19.1. The molecule has 1 amide bonds. The van der Waals surface area contributed by atoms with Crippen LogP contribution in [0.5, 0.6) is 11.5 Å². The van der Waals surface area contributed by atoms with Gasteiger partial charge in [0.05, 0.1) is 24.9 Å². The van der Waals surface area contributed by atoms with Crippen LogP contribution in [0.25, 0.3) is 0 Å². The average molecular weight is 439 g/mol. The molecule has 31 heavy (non-hydrogen) atoms. The maximum Gasteiger partial charge on any atom is 0.258 e. The molecule has 0 aliphatic rings. The van der Waals surface area contributed by atoms with Crippen molar-refractivity contribution >= 4 is 17.2 Å². The van der Waals surface area contributed by atoms with E-state index in [-0.39, 0.29) is 11.9 Å². The fraction of sp³-hybridized carbons (Fsp3) is 0.360. The minimum Gasteiger partial charge on any atom is -0.496 e. The first-order chi connectivity index (χ1) is 14.8. The summed E-state index contributed by atoms with van der Waals surface area (Å²) in [6.07, 6.45) is 0. The Kier molecular flexibility index (Phi) is 7.33. The molecule has 0 aliphatic carbocycles. The number of hydrogen-bond donors (Lipinski definition) is 0. The second-order valence-corrected chi connectivity index (χ2v) is 8.90. The molecule has 0 spiro atoms. The molecule has 3 rings (SSSR count). The second-order valence-electron chi connectivity index (χ2n) is 7.95. The largest absolute Gasteiger partial charge is 0.496 e. The number of ether oxygens (including phenoxy) is 2. The van der Waals surface area contributed by atoms with Crippen molar-refractivity contribution in [1.29, 1.82) is 0 Å². The van der Waals surface area contributed by atoms with Gasteiger partial charge in [0.15, 0.2) is 0 Å². The van der Waals surface area contributed by atoms with Crippen LogP contribution in [0.4, 0.5) is 0 Å². The lowest BCUT2D eigenvalue weighted by Crippen LogP contribution is -2.36. The molecule has 0 fully saturated rings. The smallest absolute Gasteiger partial charge is 0.258 e. The fourth-order valence-corrected chi connectivity index (χ4v) is 4.11.